The average molecular weight is 523 g/mol. The average Bonchev–Trinajstić information content (AvgIpc) is 3.14. The van der Waals surface area contributed by atoms with Gasteiger partial charge in [-0.3, -0.25) is 18.9 Å². The molecule has 7 nitrogen and oxygen atoms in total. The van der Waals surface area contributed by atoms with E-state index in [9.17, 15) is 9.59 Å². The lowest BCUT2D eigenvalue weighted by Gasteiger charge is -2.15. The Hall–Kier alpha value is -3.17. The van der Waals surface area contributed by atoms with Crippen LogP contribution in [0, 0.1) is 6.92 Å². The van der Waals surface area contributed by atoms with Crippen LogP contribution in [0.1, 0.15) is 49.3 Å². The number of carbonyl (C=O) groups excluding carboxylic acids is 1. The smallest absolute Gasteiger partial charge is 0.267 e. The van der Waals surface area contributed by atoms with E-state index in [4.69, 9.17) is 21.9 Å². The van der Waals surface area contributed by atoms with Gasteiger partial charge in [0.15, 0.2) is 0 Å². The number of nitrogens with zero attached hydrogens (tertiary/aromatic N) is 3. The van der Waals surface area contributed by atoms with Crippen LogP contribution in [-0.4, -0.2) is 38.2 Å². The number of fused-ring (bicyclic) bond motifs is 1. The number of carbonyl (C=O) groups is 1. The third-order valence-electron chi connectivity index (χ3n) is 6.06. The molecule has 3 heterocycles. The van der Waals surface area contributed by atoms with Crippen LogP contribution in [0.5, 0.6) is 5.75 Å². The molecule has 1 fully saturated rings. The largest absolute Gasteiger partial charge is 0.497 e. The molecule has 0 saturated carbocycles. The number of pyridine rings is 1. The molecule has 0 aliphatic carbocycles. The standard InChI is InChI=1S/C27H30N4O3S2/c1-4-5-6-7-14-28-23-21(25(32)30-15-8-9-18(2)24(30)29-23)16-22-26(33)31(27(35)36-22)17-19-10-12-20(34-3)13-11-19/h8-13,15-16,28H,4-7,14,17H2,1-3H3/b22-16+. The Morgan fingerprint density at radius 3 is 2.64 bits per heavy atom. The molecule has 1 saturated heterocycles. The summed E-state index contributed by atoms with van der Waals surface area (Å²) in [5, 5.41) is 3.35. The second-order valence-corrected chi connectivity index (χ2v) is 10.3. The molecule has 0 unspecified atom stereocenters. The van der Waals surface area contributed by atoms with Crippen molar-refractivity contribution in [3.05, 3.63) is 74.5 Å². The first-order chi connectivity index (χ1) is 17.4. The van der Waals surface area contributed by atoms with Gasteiger partial charge in [-0.2, -0.15) is 0 Å². The zero-order valence-electron chi connectivity index (χ0n) is 20.7. The van der Waals surface area contributed by atoms with Crippen LogP contribution in [0.4, 0.5) is 5.82 Å². The SMILES string of the molecule is CCCCCCNc1nc2c(C)cccn2c(=O)c1/C=C1/SC(=S)N(Cc2ccc(OC)cc2)C1=O. The Morgan fingerprint density at radius 2 is 1.92 bits per heavy atom. The fraction of sp³-hybridized carbons (Fsp3) is 0.333. The molecular formula is C27H30N4O3S2. The number of aryl methyl sites for hydroxylation is 1. The van der Waals surface area contributed by atoms with Gasteiger partial charge in [0, 0.05) is 12.7 Å². The molecule has 1 aliphatic rings. The number of nitrogens with one attached hydrogen (secondary N) is 1. The number of thioether (sulfide) groups is 1. The maximum atomic E-state index is 13.5. The summed E-state index contributed by atoms with van der Waals surface area (Å²) in [6.07, 6.45) is 7.73. The quantitative estimate of drug-likeness (QED) is 0.217. The van der Waals surface area contributed by atoms with E-state index in [1.807, 2.05) is 43.3 Å². The van der Waals surface area contributed by atoms with Crippen LogP contribution in [0.25, 0.3) is 11.7 Å². The van der Waals surface area contributed by atoms with Crippen molar-refractivity contribution in [1.82, 2.24) is 14.3 Å². The molecule has 1 N–H and O–H groups in total. The Labute approximate surface area is 220 Å². The number of benzene rings is 1. The van der Waals surface area contributed by atoms with Gasteiger partial charge in [0.05, 0.1) is 24.1 Å². The first-order valence-corrected chi connectivity index (χ1v) is 13.3. The number of thiocarbonyl (C=S) groups is 1. The van der Waals surface area contributed by atoms with E-state index < -0.39 is 0 Å². The zero-order chi connectivity index (χ0) is 25.7. The lowest BCUT2D eigenvalue weighted by molar-refractivity contribution is -0.122. The van der Waals surface area contributed by atoms with E-state index in [0.717, 1.165) is 42.6 Å². The summed E-state index contributed by atoms with van der Waals surface area (Å²) in [5.41, 5.74) is 2.58. The van der Waals surface area contributed by atoms with E-state index in [1.165, 1.54) is 16.2 Å². The molecule has 3 aromatic rings. The number of hydrogen-bond acceptors (Lipinski definition) is 7. The van der Waals surface area contributed by atoms with E-state index in [2.05, 4.69) is 12.2 Å². The van der Waals surface area contributed by atoms with Gasteiger partial charge in [0.25, 0.3) is 11.5 Å². The highest BCUT2D eigenvalue weighted by atomic mass is 32.2. The van der Waals surface area contributed by atoms with E-state index in [-0.39, 0.29) is 11.5 Å². The molecule has 0 spiro atoms. The molecule has 9 heteroatoms. The summed E-state index contributed by atoms with van der Waals surface area (Å²) in [6.45, 7) is 5.15. The van der Waals surface area contributed by atoms with Crippen LogP contribution >= 0.6 is 24.0 Å². The summed E-state index contributed by atoms with van der Waals surface area (Å²) >= 11 is 6.72. The number of rotatable bonds is 10. The van der Waals surface area contributed by atoms with Crippen molar-refractivity contribution in [2.24, 2.45) is 0 Å². The predicted octanol–water partition coefficient (Wildman–Crippen LogP) is 5.41. The van der Waals surface area contributed by atoms with Crippen molar-refractivity contribution in [2.45, 2.75) is 46.1 Å². The van der Waals surface area contributed by atoms with Crippen molar-refractivity contribution in [2.75, 3.05) is 19.0 Å². The number of hydrogen-bond donors (Lipinski definition) is 1. The van der Waals surface area contributed by atoms with Crippen LogP contribution in [-0.2, 0) is 11.3 Å². The van der Waals surface area contributed by atoms with E-state index in [1.54, 1.807) is 24.3 Å². The first kappa shape index (κ1) is 25.9. The van der Waals surface area contributed by atoms with Gasteiger partial charge in [0.1, 0.15) is 21.5 Å². The lowest BCUT2D eigenvalue weighted by Crippen LogP contribution is -2.27. The zero-order valence-corrected chi connectivity index (χ0v) is 22.4. The first-order valence-electron chi connectivity index (χ1n) is 12.1. The topological polar surface area (TPSA) is 75.9 Å². The van der Waals surface area contributed by atoms with Crippen LogP contribution < -0.4 is 15.6 Å². The molecule has 0 radical (unpaired) electrons. The number of unbranched alkanes of at least 4 members (excludes halogenated alkanes) is 3. The molecule has 1 aliphatic heterocycles. The summed E-state index contributed by atoms with van der Waals surface area (Å²) in [4.78, 5) is 33.5. The second-order valence-electron chi connectivity index (χ2n) is 8.67. The Morgan fingerprint density at radius 1 is 1.14 bits per heavy atom. The molecule has 4 rings (SSSR count). The maximum absolute atomic E-state index is 13.5. The van der Waals surface area contributed by atoms with Gasteiger partial charge < -0.3 is 10.1 Å². The Kier molecular flexibility index (Phi) is 8.43. The lowest BCUT2D eigenvalue weighted by atomic mass is 10.2. The number of amides is 1. The molecule has 0 bridgehead atoms. The fourth-order valence-electron chi connectivity index (χ4n) is 4.02. The highest BCUT2D eigenvalue weighted by molar-refractivity contribution is 8.26. The fourth-order valence-corrected chi connectivity index (χ4v) is 5.25. The molecule has 188 valence electrons. The number of ether oxygens (including phenoxy) is 1. The van der Waals surface area contributed by atoms with E-state index >= 15 is 0 Å². The van der Waals surface area contributed by atoms with Gasteiger partial charge in [-0.25, -0.2) is 4.98 Å². The predicted molar refractivity (Wildman–Crippen MR) is 151 cm³/mol. The van der Waals surface area contributed by atoms with E-state index in [0.29, 0.717) is 39.3 Å². The van der Waals surface area contributed by atoms with Crippen LogP contribution in [0.3, 0.4) is 0 Å². The molecule has 1 amide bonds. The maximum Gasteiger partial charge on any atom is 0.267 e. The van der Waals surface area contributed by atoms with Crippen molar-refractivity contribution < 1.29 is 9.53 Å². The molecule has 1 aromatic carbocycles. The number of anilines is 1. The van der Waals surface area contributed by atoms with Crippen LogP contribution in [0.15, 0.2) is 52.3 Å². The minimum Gasteiger partial charge on any atom is -0.497 e. The summed E-state index contributed by atoms with van der Waals surface area (Å²) < 4.78 is 7.20. The van der Waals surface area contributed by atoms with Crippen molar-refractivity contribution in [3.8, 4) is 5.75 Å². The minimum atomic E-state index is -0.222. The highest BCUT2D eigenvalue weighted by Gasteiger charge is 2.32. The molecule has 2 aromatic heterocycles. The third-order valence-corrected chi connectivity index (χ3v) is 7.43. The van der Waals surface area contributed by atoms with Gasteiger partial charge in [-0.1, -0.05) is 68.4 Å². The monoisotopic (exact) mass is 522 g/mol. The molecule has 36 heavy (non-hydrogen) atoms. The summed E-state index contributed by atoms with van der Waals surface area (Å²) in [5.74, 6) is 1.02. The molecule has 0 atom stereocenters. The summed E-state index contributed by atoms with van der Waals surface area (Å²) in [6, 6.07) is 11.3. The second kappa shape index (κ2) is 11.7. The van der Waals surface area contributed by atoms with Gasteiger partial charge >= 0.3 is 0 Å². The Balaban J connectivity index is 1.65. The number of methoxy groups -OCH3 is 1. The third kappa shape index (κ3) is 5.63. The van der Waals surface area contributed by atoms with Gasteiger partial charge in [-0.05, 0) is 48.7 Å². The van der Waals surface area contributed by atoms with Crippen molar-refractivity contribution >= 4 is 51.7 Å². The van der Waals surface area contributed by atoms with Crippen molar-refractivity contribution in [1.29, 1.82) is 0 Å². The van der Waals surface area contributed by atoms with Crippen LogP contribution in [0.2, 0.25) is 0 Å². The number of aromatic nitrogens is 2. The van der Waals surface area contributed by atoms with Gasteiger partial charge in [0.2, 0.25) is 0 Å². The molecular weight excluding hydrogens is 492 g/mol. The van der Waals surface area contributed by atoms with Crippen molar-refractivity contribution in [3.63, 3.8) is 0 Å². The Bertz CT molecular complexity index is 1370. The summed E-state index contributed by atoms with van der Waals surface area (Å²) in [7, 11) is 1.61. The normalized spacial score (nSPS) is 14.8. The van der Waals surface area contributed by atoms with Gasteiger partial charge in [-0.15, -0.1) is 0 Å². The highest BCUT2D eigenvalue weighted by Crippen LogP contribution is 2.34. The minimum absolute atomic E-state index is 0.219.